The fourth-order valence-electron chi connectivity index (χ4n) is 1.37. The van der Waals surface area contributed by atoms with E-state index in [0.29, 0.717) is 12.4 Å². The van der Waals surface area contributed by atoms with Crippen LogP contribution >= 0.6 is 0 Å². The third-order valence-electron chi connectivity index (χ3n) is 2.04. The zero-order valence-electron chi connectivity index (χ0n) is 8.78. The molecule has 0 saturated carbocycles. The van der Waals surface area contributed by atoms with Gasteiger partial charge < -0.3 is 14.3 Å². The lowest BCUT2D eigenvalue weighted by molar-refractivity contribution is 0.424. The van der Waals surface area contributed by atoms with Gasteiger partial charge in [0, 0.05) is 7.11 Å². The van der Waals surface area contributed by atoms with E-state index in [1.165, 1.54) is 13.2 Å². The molecule has 1 radical (unpaired) electrons. The highest BCUT2D eigenvalue weighted by molar-refractivity contribution is 6.23. The molecule has 0 unspecified atom stereocenters. The van der Waals surface area contributed by atoms with Crippen LogP contribution in [0.1, 0.15) is 11.5 Å². The first-order valence-electron chi connectivity index (χ1n) is 4.73. The Morgan fingerprint density at radius 1 is 1.53 bits per heavy atom. The minimum absolute atomic E-state index is 0.529. The van der Waals surface area contributed by atoms with Crippen LogP contribution in [0.15, 0.2) is 22.6 Å². The fourth-order valence-corrected chi connectivity index (χ4v) is 1.37. The molecule has 0 atom stereocenters. The summed E-state index contributed by atoms with van der Waals surface area (Å²) in [6, 6.07) is 5.94. The molecule has 1 heterocycles. The van der Waals surface area contributed by atoms with Gasteiger partial charge in [-0.25, -0.2) is 4.98 Å². The molecule has 4 nitrogen and oxygen atoms in total. The van der Waals surface area contributed by atoms with Gasteiger partial charge in [0.05, 0.1) is 6.54 Å². The summed E-state index contributed by atoms with van der Waals surface area (Å²) in [6.07, 6.45) is 0. The maximum Gasteiger partial charge on any atom is 0.396 e. The number of nitrogens with one attached hydrogen (secondary N) is 1. The molecule has 1 aromatic carbocycles. The van der Waals surface area contributed by atoms with Crippen molar-refractivity contribution in [3.05, 3.63) is 29.7 Å². The minimum Gasteiger partial charge on any atom is -0.439 e. The molecule has 2 aromatic rings. The van der Waals surface area contributed by atoms with Gasteiger partial charge in [0.15, 0.2) is 5.58 Å². The zero-order valence-corrected chi connectivity index (χ0v) is 8.78. The molecule has 0 aliphatic carbocycles. The first-order valence-corrected chi connectivity index (χ1v) is 4.73. The van der Waals surface area contributed by atoms with Gasteiger partial charge in [-0.3, -0.25) is 0 Å². The molecule has 5 heteroatoms. The number of aryl methyl sites for hydroxylation is 1. The second kappa shape index (κ2) is 4.46. The van der Waals surface area contributed by atoms with Gasteiger partial charge in [-0.2, -0.15) is 0 Å². The Bertz CT molecular complexity index is 456. The van der Waals surface area contributed by atoms with Gasteiger partial charge >= 0.3 is 7.62 Å². The number of hydrogen-bond acceptors (Lipinski definition) is 4. The van der Waals surface area contributed by atoms with Crippen LogP contribution in [-0.2, 0) is 11.2 Å². The monoisotopic (exact) mass is 203 g/mol. The highest BCUT2D eigenvalue weighted by Crippen LogP contribution is 2.16. The standard InChI is InChI=1S/C10H12BN2O2/c1-7-3-4-9-8(5-7)13-10(15-9)6-12-11-14-2/h3-5,12H,6H2,1-2H3. The number of aromatic nitrogens is 1. The Balaban J connectivity index is 2.16. The van der Waals surface area contributed by atoms with Crippen molar-refractivity contribution in [2.75, 3.05) is 7.11 Å². The van der Waals surface area contributed by atoms with Crippen LogP contribution in [0, 0.1) is 6.92 Å². The minimum atomic E-state index is 0.529. The molecule has 0 aliphatic rings. The predicted molar refractivity (Wildman–Crippen MR) is 58.3 cm³/mol. The fraction of sp³-hybridized carbons (Fsp3) is 0.300. The van der Waals surface area contributed by atoms with Gasteiger partial charge in [0.1, 0.15) is 5.52 Å². The molecule has 1 aromatic heterocycles. The van der Waals surface area contributed by atoms with Crippen LogP contribution in [0.25, 0.3) is 11.1 Å². The van der Waals surface area contributed by atoms with Crippen LogP contribution in [0.4, 0.5) is 0 Å². The summed E-state index contributed by atoms with van der Waals surface area (Å²) in [6.45, 7) is 2.56. The maximum atomic E-state index is 5.52. The Morgan fingerprint density at radius 2 is 2.40 bits per heavy atom. The number of rotatable bonds is 4. The van der Waals surface area contributed by atoms with Gasteiger partial charge in [0.25, 0.3) is 0 Å². The highest BCUT2D eigenvalue weighted by atomic mass is 16.4. The normalized spacial score (nSPS) is 10.8. The van der Waals surface area contributed by atoms with E-state index >= 15 is 0 Å². The van der Waals surface area contributed by atoms with Crippen LogP contribution in [0.2, 0.25) is 0 Å². The SMILES string of the molecule is CO[B]NCc1nc2cc(C)ccc2o1. The quantitative estimate of drug-likeness (QED) is 0.602. The number of nitrogens with zero attached hydrogens (tertiary/aromatic N) is 1. The summed E-state index contributed by atoms with van der Waals surface area (Å²) in [5.74, 6) is 0.656. The second-order valence-electron chi connectivity index (χ2n) is 3.31. The van der Waals surface area contributed by atoms with Crippen molar-refractivity contribution >= 4 is 18.7 Å². The Morgan fingerprint density at radius 3 is 3.20 bits per heavy atom. The Kier molecular flexibility index (Phi) is 3.04. The van der Waals surface area contributed by atoms with Crippen LogP contribution in [0.5, 0.6) is 0 Å². The van der Waals surface area contributed by atoms with Crippen molar-refractivity contribution in [1.82, 2.24) is 10.2 Å². The van der Waals surface area contributed by atoms with E-state index in [1.54, 1.807) is 7.11 Å². The smallest absolute Gasteiger partial charge is 0.396 e. The van der Waals surface area contributed by atoms with E-state index in [2.05, 4.69) is 10.2 Å². The summed E-state index contributed by atoms with van der Waals surface area (Å²) in [5, 5.41) is 2.92. The Hall–Kier alpha value is -1.33. The molecule has 2 rings (SSSR count). The molecule has 0 aliphatic heterocycles. The van der Waals surface area contributed by atoms with Crippen molar-refractivity contribution < 1.29 is 9.07 Å². The summed E-state index contributed by atoms with van der Waals surface area (Å²) in [7, 11) is 3.09. The first kappa shape index (κ1) is 10.2. The van der Waals surface area contributed by atoms with Gasteiger partial charge in [-0.05, 0) is 24.6 Å². The molecule has 15 heavy (non-hydrogen) atoms. The van der Waals surface area contributed by atoms with Crippen molar-refractivity contribution in [3.8, 4) is 0 Å². The average molecular weight is 203 g/mol. The molecular weight excluding hydrogens is 191 g/mol. The van der Waals surface area contributed by atoms with Crippen molar-refractivity contribution in [2.24, 2.45) is 0 Å². The van der Waals surface area contributed by atoms with E-state index in [0.717, 1.165) is 11.1 Å². The van der Waals surface area contributed by atoms with Gasteiger partial charge in [0.2, 0.25) is 5.89 Å². The van der Waals surface area contributed by atoms with Crippen molar-refractivity contribution in [3.63, 3.8) is 0 Å². The summed E-state index contributed by atoms with van der Waals surface area (Å²) < 4.78 is 10.3. The number of fused-ring (bicyclic) bond motifs is 1. The molecule has 0 spiro atoms. The molecule has 0 saturated heterocycles. The van der Waals surface area contributed by atoms with Crippen LogP contribution in [-0.4, -0.2) is 19.7 Å². The molecule has 0 amide bonds. The van der Waals surface area contributed by atoms with E-state index in [4.69, 9.17) is 9.07 Å². The van der Waals surface area contributed by atoms with Gasteiger partial charge in [-0.1, -0.05) is 6.07 Å². The number of oxazole rings is 1. The van der Waals surface area contributed by atoms with E-state index in [1.807, 2.05) is 25.1 Å². The zero-order chi connectivity index (χ0) is 10.7. The largest absolute Gasteiger partial charge is 0.439 e. The topological polar surface area (TPSA) is 47.3 Å². The van der Waals surface area contributed by atoms with Crippen molar-refractivity contribution in [2.45, 2.75) is 13.5 Å². The lowest BCUT2D eigenvalue weighted by Gasteiger charge is -1.94. The molecule has 77 valence electrons. The Labute approximate surface area is 88.9 Å². The van der Waals surface area contributed by atoms with E-state index < -0.39 is 0 Å². The first-order chi connectivity index (χ1) is 7.29. The van der Waals surface area contributed by atoms with E-state index in [9.17, 15) is 0 Å². The molecular formula is C10H12BN2O2. The second-order valence-corrected chi connectivity index (χ2v) is 3.31. The summed E-state index contributed by atoms with van der Waals surface area (Å²) in [5.41, 5.74) is 2.89. The highest BCUT2D eigenvalue weighted by Gasteiger charge is 2.05. The average Bonchev–Trinajstić information content (AvgIpc) is 2.60. The van der Waals surface area contributed by atoms with Crippen LogP contribution in [0.3, 0.4) is 0 Å². The summed E-state index contributed by atoms with van der Waals surface area (Å²) >= 11 is 0. The van der Waals surface area contributed by atoms with Crippen LogP contribution < -0.4 is 5.23 Å². The summed E-state index contributed by atoms with van der Waals surface area (Å²) in [4.78, 5) is 4.34. The third kappa shape index (κ3) is 2.37. The number of benzene rings is 1. The molecule has 0 bridgehead atoms. The molecule has 1 N–H and O–H groups in total. The van der Waals surface area contributed by atoms with Gasteiger partial charge in [-0.15, -0.1) is 0 Å². The number of hydrogen-bond donors (Lipinski definition) is 1. The lowest BCUT2D eigenvalue weighted by atomic mass is 10.2. The predicted octanol–water partition coefficient (Wildman–Crippen LogP) is 1.41. The lowest BCUT2D eigenvalue weighted by Crippen LogP contribution is -2.20. The molecule has 0 fully saturated rings. The maximum absolute atomic E-state index is 5.52. The van der Waals surface area contributed by atoms with E-state index in [-0.39, 0.29) is 0 Å². The van der Waals surface area contributed by atoms with Crippen molar-refractivity contribution in [1.29, 1.82) is 0 Å². The third-order valence-corrected chi connectivity index (χ3v) is 2.04.